The fourth-order valence-electron chi connectivity index (χ4n) is 2.89. The summed E-state index contributed by atoms with van der Waals surface area (Å²) >= 11 is 0. The van der Waals surface area contributed by atoms with Gasteiger partial charge in [-0.3, -0.25) is 4.79 Å². The van der Waals surface area contributed by atoms with Crippen molar-refractivity contribution in [1.29, 1.82) is 0 Å². The number of morpholine rings is 1. The predicted molar refractivity (Wildman–Crippen MR) is 77.6 cm³/mol. The maximum Gasteiger partial charge on any atom is 0.421 e. The van der Waals surface area contributed by atoms with Crippen molar-refractivity contribution in [2.75, 3.05) is 13.2 Å². The van der Waals surface area contributed by atoms with Crippen molar-refractivity contribution in [2.24, 2.45) is 0 Å². The summed E-state index contributed by atoms with van der Waals surface area (Å²) in [5.74, 6) is -0.739. The van der Waals surface area contributed by atoms with Gasteiger partial charge in [0.15, 0.2) is 5.60 Å². The van der Waals surface area contributed by atoms with Crippen LogP contribution in [0, 0.1) is 0 Å². The number of halogens is 3. The van der Waals surface area contributed by atoms with Gasteiger partial charge in [0.05, 0.1) is 31.7 Å². The number of rotatable bonds is 3. The number of hydrogen-bond donors (Lipinski definition) is 1. The molecule has 1 fully saturated rings. The van der Waals surface area contributed by atoms with E-state index in [2.05, 4.69) is 0 Å². The Morgan fingerprint density at radius 3 is 2.22 bits per heavy atom. The molecule has 3 atom stereocenters. The fourth-order valence-corrected chi connectivity index (χ4v) is 2.89. The van der Waals surface area contributed by atoms with Crippen LogP contribution in [0.1, 0.15) is 25.8 Å². The van der Waals surface area contributed by atoms with Crippen LogP contribution in [-0.2, 0) is 15.1 Å². The Hall–Kier alpha value is -1.60. The van der Waals surface area contributed by atoms with E-state index in [-0.39, 0.29) is 30.9 Å². The molecule has 1 N–H and O–H groups in total. The summed E-state index contributed by atoms with van der Waals surface area (Å²) in [4.78, 5) is 13.8. The minimum Gasteiger partial charge on any atom is -0.377 e. The van der Waals surface area contributed by atoms with Crippen molar-refractivity contribution >= 4 is 5.91 Å². The molecule has 0 aliphatic carbocycles. The zero-order valence-electron chi connectivity index (χ0n) is 13.0. The lowest BCUT2D eigenvalue weighted by Gasteiger charge is -2.41. The van der Waals surface area contributed by atoms with Gasteiger partial charge < -0.3 is 14.7 Å². The van der Waals surface area contributed by atoms with Crippen LogP contribution in [0.5, 0.6) is 0 Å². The van der Waals surface area contributed by atoms with Crippen molar-refractivity contribution in [1.82, 2.24) is 4.90 Å². The highest BCUT2D eigenvalue weighted by Crippen LogP contribution is 2.42. The topological polar surface area (TPSA) is 49.8 Å². The Bertz CT molecular complexity index is 539. The van der Waals surface area contributed by atoms with Crippen LogP contribution in [0.3, 0.4) is 0 Å². The molecule has 1 aromatic rings. The Morgan fingerprint density at radius 2 is 1.74 bits per heavy atom. The Balaban J connectivity index is 2.30. The lowest BCUT2D eigenvalue weighted by molar-refractivity contribution is -0.269. The van der Waals surface area contributed by atoms with E-state index in [1.807, 2.05) is 0 Å². The largest absolute Gasteiger partial charge is 0.421 e. The van der Waals surface area contributed by atoms with Crippen molar-refractivity contribution in [3.05, 3.63) is 35.9 Å². The summed E-state index contributed by atoms with van der Waals surface area (Å²) in [7, 11) is 0. The molecule has 0 radical (unpaired) electrons. The van der Waals surface area contributed by atoms with E-state index in [0.29, 0.717) is 0 Å². The Labute approximate surface area is 132 Å². The first-order valence-electron chi connectivity index (χ1n) is 7.40. The molecular formula is C16H20F3NO3. The number of ether oxygens (including phenoxy) is 1. The van der Waals surface area contributed by atoms with Crippen LogP contribution in [0.25, 0.3) is 0 Å². The molecule has 4 nitrogen and oxygen atoms in total. The number of carbonyl (C=O) groups excluding carboxylic acids is 1. The predicted octanol–water partition coefficient (Wildman–Crippen LogP) is 2.46. The molecule has 23 heavy (non-hydrogen) atoms. The van der Waals surface area contributed by atoms with Gasteiger partial charge in [0.2, 0.25) is 5.91 Å². The molecule has 1 aromatic carbocycles. The second kappa shape index (κ2) is 6.49. The average Bonchev–Trinajstić information content (AvgIpc) is 2.46. The third-order valence-corrected chi connectivity index (χ3v) is 4.08. The van der Waals surface area contributed by atoms with Gasteiger partial charge in [-0.1, -0.05) is 30.3 Å². The molecule has 1 heterocycles. The molecule has 1 aliphatic heterocycles. The maximum absolute atomic E-state index is 13.5. The van der Waals surface area contributed by atoms with Crippen LogP contribution < -0.4 is 0 Å². The number of aliphatic hydroxyl groups is 1. The van der Waals surface area contributed by atoms with Crippen LogP contribution in [-0.4, -0.2) is 47.4 Å². The van der Waals surface area contributed by atoms with Crippen molar-refractivity contribution in [3.63, 3.8) is 0 Å². The second-order valence-corrected chi connectivity index (χ2v) is 5.94. The molecule has 2 rings (SSSR count). The van der Waals surface area contributed by atoms with E-state index >= 15 is 0 Å². The third kappa shape index (κ3) is 3.50. The van der Waals surface area contributed by atoms with Gasteiger partial charge in [0.25, 0.3) is 0 Å². The van der Waals surface area contributed by atoms with Gasteiger partial charge in [0, 0.05) is 0 Å². The minimum atomic E-state index is -4.96. The first kappa shape index (κ1) is 17.7. The summed E-state index contributed by atoms with van der Waals surface area (Å²) in [6.07, 6.45) is -6.00. The van der Waals surface area contributed by atoms with Gasteiger partial charge in [0.1, 0.15) is 0 Å². The average molecular weight is 331 g/mol. The zero-order valence-corrected chi connectivity index (χ0v) is 13.0. The van der Waals surface area contributed by atoms with Crippen molar-refractivity contribution in [2.45, 2.75) is 44.1 Å². The highest BCUT2D eigenvalue weighted by molar-refractivity contribution is 5.78. The smallest absolute Gasteiger partial charge is 0.377 e. The molecule has 0 saturated carbocycles. The fraction of sp³-hybridized carbons (Fsp3) is 0.562. The quantitative estimate of drug-likeness (QED) is 0.926. The van der Waals surface area contributed by atoms with Crippen LogP contribution >= 0.6 is 0 Å². The summed E-state index contributed by atoms with van der Waals surface area (Å²) in [5, 5.41) is 10.3. The standard InChI is InChI=1S/C16H20F3NO3/c1-11-9-23-10-12(2)20(11)14(21)8-15(22,16(17,18)19)13-6-4-3-5-7-13/h3-7,11-12,22H,8-10H2,1-2H3/t11-,12-,15+/m1/s1. The van der Waals surface area contributed by atoms with E-state index in [4.69, 9.17) is 4.74 Å². The lowest BCUT2D eigenvalue weighted by Crippen LogP contribution is -2.55. The molecule has 0 bridgehead atoms. The lowest BCUT2D eigenvalue weighted by atomic mass is 9.88. The summed E-state index contributed by atoms with van der Waals surface area (Å²) in [6, 6.07) is 6.03. The van der Waals surface area contributed by atoms with E-state index < -0.39 is 24.1 Å². The molecule has 1 amide bonds. The first-order valence-corrected chi connectivity index (χ1v) is 7.40. The highest BCUT2D eigenvalue weighted by Gasteiger charge is 2.56. The molecule has 0 aromatic heterocycles. The maximum atomic E-state index is 13.5. The molecule has 1 aliphatic rings. The number of benzene rings is 1. The molecule has 1 saturated heterocycles. The second-order valence-electron chi connectivity index (χ2n) is 5.94. The number of alkyl halides is 3. The Kier molecular flexibility index (Phi) is 5.01. The van der Waals surface area contributed by atoms with E-state index in [0.717, 1.165) is 0 Å². The van der Waals surface area contributed by atoms with Gasteiger partial charge in [-0.05, 0) is 19.4 Å². The highest BCUT2D eigenvalue weighted by atomic mass is 19.4. The third-order valence-electron chi connectivity index (χ3n) is 4.08. The molecule has 128 valence electrons. The summed E-state index contributed by atoms with van der Waals surface area (Å²) in [5.41, 5.74) is -3.54. The van der Waals surface area contributed by atoms with Gasteiger partial charge in [-0.2, -0.15) is 13.2 Å². The van der Waals surface area contributed by atoms with E-state index in [1.165, 1.54) is 29.2 Å². The van der Waals surface area contributed by atoms with E-state index in [1.54, 1.807) is 19.9 Å². The Morgan fingerprint density at radius 1 is 1.22 bits per heavy atom. The molecule has 0 unspecified atom stereocenters. The normalized spacial score (nSPS) is 25.0. The van der Waals surface area contributed by atoms with Crippen LogP contribution in [0.15, 0.2) is 30.3 Å². The van der Waals surface area contributed by atoms with Crippen molar-refractivity contribution < 1.29 is 27.8 Å². The first-order chi connectivity index (χ1) is 10.7. The molecular weight excluding hydrogens is 311 g/mol. The number of nitrogens with zero attached hydrogens (tertiary/aromatic N) is 1. The minimum absolute atomic E-state index is 0.270. The number of amides is 1. The van der Waals surface area contributed by atoms with Gasteiger partial charge in [-0.25, -0.2) is 0 Å². The summed E-state index contributed by atoms with van der Waals surface area (Å²) < 4.78 is 45.7. The molecule has 0 spiro atoms. The van der Waals surface area contributed by atoms with Gasteiger partial charge >= 0.3 is 6.18 Å². The SMILES string of the molecule is C[C@@H]1COC[C@@H](C)N1C(=O)C[C@](O)(c1ccccc1)C(F)(F)F. The molecule has 7 heteroatoms. The monoisotopic (exact) mass is 331 g/mol. The van der Waals surface area contributed by atoms with Crippen LogP contribution in [0.2, 0.25) is 0 Å². The van der Waals surface area contributed by atoms with Gasteiger partial charge in [-0.15, -0.1) is 0 Å². The number of carbonyl (C=O) groups is 1. The van der Waals surface area contributed by atoms with E-state index in [9.17, 15) is 23.1 Å². The van der Waals surface area contributed by atoms with Crippen LogP contribution in [0.4, 0.5) is 13.2 Å². The summed E-state index contributed by atoms with van der Waals surface area (Å²) in [6.45, 7) is 3.96. The zero-order chi connectivity index (χ0) is 17.3. The number of hydrogen-bond acceptors (Lipinski definition) is 3. The van der Waals surface area contributed by atoms with Crippen molar-refractivity contribution in [3.8, 4) is 0 Å².